The number of aromatic nitrogens is 5. The molecule has 8 aromatic rings. The molecule has 0 fully saturated rings. The van der Waals surface area contributed by atoms with Gasteiger partial charge in [0.25, 0.3) is 0 Å². The number of aryl methyl sites for hydroxylation is 1. The molecule has 0 aliphatic rings. The Morgan fingerprint density at radius 2 is 1.04 bits per heavy atom. The molecular formula is C40H27N5. The van der Waals surface area contributed by atoms with E-state index in [2.05, 4.69) is 83.8 Å². The lowest BCUT2D eigenvalue weighted by Crippen LogP contribution is -1.97. The van der Waals surface area contributed by atoms with E-state index in [0.717, 1.165) is 78.1 Å². The van der Waals surface area contributed by atoms with Crippen molar-refractivity contribution in [2.24, 2.45) is 0 Å². The highest BCUT2D eigenvalue weighted by Gasteiger charge is 2.14. The summed E-state index contributed by atoms with van der Waals surface area (Å²) in [6, 6.07) is 47.5. The van der Waals surface area contributed by atoms with Crippen LogP contribution >= 0.6 is 0 Å². The van der Waals surface area contributed by atoms with Gasteiger partial charge < -0.3 is 0 Å². The molecule has 212 valence electrons. The van der Waals surface area contributed by atoms with E-state index in [1.807, 2.05) is 67.6 Å². The van der Waals surface area contributed by atoms with Crippen LogP contribution in [0, 0.1) is 6.92 Å². The summed E-state index contributed by atoms with van der Waals surface area (Å²) in [6.07, 6.45) is 1.77. The lowest BCUT2D eigenvalue weighted by Gasteiger charge is -2.12. The summed E-state index contributed by atoms with van der Waals surface area (Å²) in [4.78, 5) is 24.4. The molecule has 0 bridgehead atoms. The van der Waals surface area contributed by atoms with Gasteiger partial charge in [-0.3, -0.25) is 9.97 Å². The fourth-order valence-electron chi connectivity index (χ4n) is 5.79. The number of fused-ring (bicyclic) bond motifs is 3. The zero-order valence-corrected chi connectivity index (χ0v) is 24.6. The fraction of sp³-hybridized carbons (Fsp3) is 0.0250. The molecule has 0 aliphatic heterocycles. The van der Waals surface area contributed by atoms with Gasteiger partial charge in [0.15, 0.2) is 5.82 Å². The van der Waals surface area contributed by atoms with Gasteiger partial charge in [-0.25, -0.2) is 15.0 Å². The quantitative estimate of drug-likeness (QED) is 0.191. The van der Waals surface area contributed by atoms with E-state index >= 15 is 0 Å². The summed E-state index contributed by atoms with van der Waals surface area (Å²) in [7, 11) is 0. The Balaban J connectivity index is 1.23. The lowest BCUT2D eigenvalue weighted by molar-refractivity contribution is 1.15. The van der Waals surface area contributed by atoms with Gasteiger partial charge in [-0.2, -0.15) is 0 Å². The van der Waals surface area contributed by atoms with Crippen LogP contribution in [0.4, 0.5) is 0 Å². The number of pyridine rings is 3. The van der Waals surface area contributed by atoms with Crippen LogP contribution in [0.5, 0.6) is 0 Å². The van der Waals surface area contributed by atoms with Gasteiger partial charge in [-0.1, -0.05) is 109 Å². The minimum absolute atomic E-state index is 0.598. The maximum atomic E-state index is 5.09. The Hall–Kier alpha value is -6.07. The summed E-state index contributed by atoms with van der Waals surface area (Å²) in [5, 5.41) is 2.15. The Morgan fingerprint density at radius 3 is 1.73 bits per heavy atom. The summed E-state index contributed by atoms with van der Waals surface area (Å²) >= 11 is 0. The predicted molar refractivity (Wildman–Crippen MR) is 182 cm³/mol. The van der Waals surface area contributed by atoms with Crippen molar-refractivity contribution in [3.8, 4) is 56.4 Å². The second-order valence-corrected chi connectivity index (χ2v) is 11.0. The molecule has 4 aromatic carbocycles. The Morgan fingerprint density at radius 1 is 0.422 bits per heavy atom. The molecule has 0 unspecified atom stereocenters. The lowest BCUT2D eigenvalue weighted by atomic mass is 9.97. The monoisotopic (exact) mass is 577 g/mol. The Bertz CT molecular complexity index is 2240. The normalized spacial score (nSPS) is 11.2. The first-order chi connectivity index (χ1) is 22.2. The van der Waals surface area contributed by atoms with Crippen molar-refractivity contribution < 1.29 is 0 Å². The molecule has 0 saturated carbocycles. The van der Waals surface area contributed by atoms with E-state index in [1.54, 1.807) is 6.20 Å². The number of benzene rings is 4. The molecule has 8 rings (SSSR count). The van der Waals surface area contributed by atoms with Gasteiger partial charge in [-0.15, -0.1) is 0 Å². The number of hydrogen-bond donors (Lipinski definition) is 0. The predicted octanol–water partition coefficient (Wildman–Crippen LogP) is 9.61. The molecule has 0 N–H and O–H groups in total. The smallest absolute Gasteiger partial charge is 0.179 e. The van der Waals surface area contributed by atoms with Crippen molar-refractivity contribution >= 4 is 21.8 Å². The molecule has 0 aliphatic carbocycles. The van der Waals surface area contributed by atoms with Crippen molar-refractivity contribution in [2.75, 3.05) is 0 Å². The van der Waals surface area contributed by atoms with Crippen molar-refractivity contribution in [3.05, 3.63) is 151 Å². The first-order valence-corrected chi connectivity index (χ1v) is 14.9. The summed E-state index contributed by atoms with van der Waals surface area (Å²) in [6.45, 7) is 2.04. The van der Waals surface area contributed by atoms with Crippen molar-refractivity contribution in [1.29, 1.82) is 0 Å². The zero-order chi connectivity index (χ0) is 30.2. The molecule has 4 aromatic heterocycles. The Labute approximate surface area is 261 Å². The van der Waals surface area contributed by atoms with Gasteiger partial charge in [0.05, 0.1) is 28.1 Å². The Kier molecular flexibility index (Phi) is 6.61. The average Bonchev–Trinajstić information content (AvgIpc) is 3.12. The van der Waals surface area contributed by atoms with Crippen LogP contribution in [0.2, 0.25) is 0 Å². The van der Waals surface area contributed by atoms with Crippen LogP contribution in [-0.2, 0) is 0 Å². The SMILES string of the molecule is Cc1cc(-c2ccc(-c3cc(-c4ccccc4)nc(-c4ccccn4)n3)cc2)c2ccc3ccc(-c4ccccc4)nc3c2n1. The first kappa shape index (κ1) is 26.5. The second-order valence-electron chi connectivity index (χ2n) is 11.0. The van der Waals surface area contributed by atoms with Crippen LogP contribution in [0.3, 0.4) is 0 Å². The third kappa shape index (κ3) is 5.11. The molecule has 4 heterocycles. The highest BCUT2D eigenvalue weighted by atomic mass is 14.9. The molecule has 5 nitrogen and oxygen atoms in total. The van der Waals surface area contributed by atoms with E-state index in [4.69, 9.17) is 19.9 Å². The topological polar surface area (TPSA) is 64.5 Å². The number of hydrogen-bond acceptors (Lipinski definition) is 5. The minimum Gasteiger partial charge on any atom is -0.253 e. The van der Waals surface area contributed by atoms with Gasteiger partial charge >= 0.3 is 0 Å². The third-order valence-corrected chi connectivity index (χ3v) is 8.02. The maximum Gasteiger partial charge on any atom is 0.179 e. The molecule has 0 spiro atoms. The molecule has 0 amide bonds. The minimum atomic E-state index is 0.598. The molecule has 0 radical (unpaired) electrons. The highest BCUT2D eigenvalue weighted by molar-refractivity contribution is 6.08. The molecule has 45 heavy (non-hydrogen) atoms. The molecule has 0 atom stereocenters. The second kappa shape index (κ2) is 11.2. The van der Waals surface area contributed by atoms with Crippen molar-refractivity contribution in [1.82, 2.24) is 24.9 Å². The van der Waals surface area contributed by atoms with Gasteiger partial charge in [-0.05, 0) is 48.4 Å². The standard InChI is InChI=1S/C40H27N5/c1-26-24-33(32-21-19-31-20-22-34(28-10-4-2-5-11-28)43-38(31)39(32)42-26)27-15-17-30(18-16-27)37-25-36(29-12-6-3-7-13-29)44-40(45-37)35-14-8-9-23-41-35/h2-25H,1H3. The van der Waals surface area contributed by atoms with Crippen LogP contribution < -0.4 is 0 Å². The first-order valence-electron chi connectivity index (χ1n) is 14.9. The summed E-state index contributed by atoms with van der Waals surface area (Å²) in [5.74, 6) is 0.598. The molecule has 0 saturated heterocycles. The van der Waals surface area contributed by atoms with Gasteiger partial charge in [0, 0.05) is 39.4 Å². The zero-order valence-electron chi connectivity index (χ0n) is 24.6. The summed E-state index contributed by atoms with van der Waals surface area (Å²) in [5.41, 5.74) is 11.5. The fourth-order valence-corrected chi connectivity index (χ4v) is 5.79. The van der Waals surface area contributed by atoms with Crippen LogP contribution in [-0.4, -0.2) is 24.9 Å². The third-order valence-electron chi connectivity index (χ3n) is 8.02. The van der Waals surface area contributed by atoms with Gasteiger partial charge in [0.1, 0.15) is 5.69 Å². The van der Waals surface area contributed by atoms with E-state index in [9.17, 15) is 0 Å². The van der Waals surface area contributed by atoms with E-state index in [0.29, 0.717) is 5.82 Å². The van der Waals surface area contributed by atoms with Crippen LogP contribution in [0.25, 0.3) is 78.2 Å². The molecular weight excluding hydrogens is 550 g/mol. The number of nitrogens with zero attached hydrogens (tertiary/aromatic N) is 5. The average molecular weight is 578 g/mol. The van der Waals surface area contributed by atoms with E-state index < -0.39 is 0 Å². The van der Waals surface area contributed by atoms with Crippen LogP contribution in [0.1, 0.15) is 5.69 Å². The number of rotatable bonds is 5. The van der Waals surface area contributed by atoms with Gasteiger partial charge in [0.2, 0.25) is 0 Å². The summed E-state index contributed by atoms with van der Waals surface area (Å²) < 4.78 is 0. The largest absolute Gasteiger partial charge is 0.253 e. The van der Waals surface area contributed by atoms with E-state index in [1.165, 1.54) is 0 Å². The maximum absolute atomic E-state index is 5.09. The highest BCUT2D eigenvalue weighted by Crippen LogP contribution is 2.35. The van der Waals surface area contributed by atoms with Crippen LogP contribution in [0.15, 0.2) is 146 Å². The van der Waals surface area contributed by atoms with Crippen molar-refractivity contribution in [3.63, 3.8) is 0 Å². The van der Waals surface area contributed by atoms with E-state index in [-0.39, 0.29) is 0 Å². The molecule has 5 heteroatoms. The van der Waals surface area contributed by atoms with Crippen molar-refractivity contribution in [2.45, 2.75) is 6.92 Å².